The van der Waals surface area contributed by atoms with Crippen LogP contribution in [0.3, 0.4) is 0 Å². The average molecular weight is 467 g/mol. The predicted molar refractivity (Wildman–Crippen MR) is 131 cm³/mol. The van der Waals surface area contributed by atoms with Gasteiger partial charge in [0.25, 0.3) is 10.0 Å². The highest BCUT2D eigenvalue weighted by atomic mass is 32.2. The number of benzene rings is 3. The van der Waals surface area contributed by atoms with Crippen LogP contribution in [0.5, 0.6) is 5.75 Å². The Labute approximate surface area is 196 Å². The molecule has 0 spiro atoms. The van der Waals surface area contributed by atoms with E-state index in [1.807, 2.05) is 38.1 Å². The summed E-state index contributed by atoms with van der Waals surface area (Å²) in [5, 5.41) is 2.92. The van der Waals surface area contributed by atoms with Crippen LogP contribution < -0.4 is 14.4 Å². The molecule has 0 aliphatic carbocycles. The topological polar surface area (TPSA) is 75.7 Å². The number of nitrogens with zero attached hydrogens (tertiary/aromatic N) is 1. The molecule has 7 heteroatoms. The highest BCUT2D eigenvalue weighted by Crippen LogP contribution is 2.25. The molecule has 0 fully saturated rings. The summed E-state index contributed by atoms with van der Waals surface area (Å²) in [5.74, 6) is 0.198. The molecular weight excluding hydrogens is 436 g/mol. The van der Waals surface area contributed by atoms with Gasteiger partial charge in [-0.1, -0.05) is 49.4 Å². The maximum Gasteiger partial charge on any atom is 0.264 e. The Morgan fingerprint density at radius 3 is 2.15 bits per heavy atom. The molecular formula is C26H30N2O4S. The third-order valence-corrected chi connectivity index (χ3v) is 7.11. The Kier molecular flexibility index (Phi) is 8.11. The van der Waals surface area contributed by atoms with Crippen molar-refractivity contribution in [2.24, 2.45) is 0 Å². The zero-order valence-corrected chi connectivity index (χ0v) is 20.0. The quantitative estimate of drug-likeness (QED) is 0.469. The number of hydrogen-bond donors (Lipinski definition) is 1. The van der Waals surface area contributed by atoms with E-state index in [0.29, 0.717) is 18.0 Å². The number of sulfonamides is 1. The molecule has 33 heavy (non-hydrogen) atoms. The Morgan fingerprint density at radius 1 is 0.939 bits per heavy atom. The molecule has 0 radical (unpaired) electrons. The van der Waals surface area contributed by atoms with Gasteiger partial charge in [0.15, 0.2) is 0 Å². The molecule has 0 aromatic heterocycles. The summed E-state index contributed by atoms with van der Waals surface area (Å²) in [6.07, 6.45) is 0.941. The van der Waals surface area contributed by atoms with Crippen LogP contribution in [0.15, 0.2) is 83.8 Å². The molecule has 0 aliphatic rings. The fourth-order valence-electron chi connectivity index (χ4n) is 3.45. The molecule has 3 aromatic rings. The molecule has 1 amide bonds. The third kappa shape index (κ3) is 6.14. The minimum atomic E-state index is -3.97. The van der Waals surface area contributed by atoms with Crippen molar-refractivity contribution < 1.29 is 17.9 Å². The predicted octanol–water partition coefficient (Wildman–Crippen LogP) is 4.72. The van der Waals surface area contributed by atoms with E-state index < -0.39 is 10.0 Å². The van der Waals surface area contributed by atoms with E-state index >= 15 is 0 Å². The maximum atomic E-state index is 13.5. The van der Waals surface area contributed by atoms with Crippen LogP contribution in [-0.2, 0) is 21.2 Å². The summed E-state index contributed by atoms with van der Waals surface area (Å²) in [4.78, 5) is 13.0. The molecule has 1 atom stereocenters. The number of nitrogens with one attached hydrogen (secondary N) is 1. The fraction of sp³-hybridized carbons (Fsp3) is 0.269. The molecule has 1 unspecified atom stereocenters. The number of amides is 1. The van der Waals surface area contributed by atoms with E-state index in [0.717, 1.165) is 16.3 Å². The van der Waals surface area contributed by atoms with Gasteiger partial charge in [-0.3, -0.25) is 9.10 Å². The van der Waals surface area contributed by atoms with Crippen LogP contribution in [0.2, 0.25) is 0 Å². The van der Waals surface area contributed by atoms with Gasteiger partial charge in [0.1, 0.15) is 12.3 Å². The summed E-state index contributed by atoms with van der Waals surface area (Å²) >= 11 is 0. The standard InChI is InChI=1S/C26H30N2O4S/c1-4-21-11-13-22(14-12-21)20(3)27-26(29)19-28(23-9-7-6-8-10-23)33(30,31)25-17-15-24(16-18-25)32-5-2/h6-18,20H,4-5,19H2,1-3H3,(H,27,29). The number of hydrogen-bond acceptors (Lipinski definition) is 4. The lowest BCUT2D eigenvalue weighted by Gasteiger charge is -2.25. The fourth-order valence-corrected chi connectivity index (χ4v) is 4.87. The van der Waals surface area contributed by atoms with Crippen LogP contribution in [0, 0.1) is 0 Å². The summed E-state index contributed by atoms with van der Waals surface area (Å²) in [7, 11) is -3.97. The van der Waals surface area contributed by atoms with Crippen molar-refractivity contribution in [3.8, 4) is 5.75 Å². The molecule has 1 N–H and O–H groups in total. The highest BCUT2D eigenvalue weighted by Gasteiger charge is 2.27. The second-order valence-electron chi connectivity index (χ2n) is 7.64. The van der Waals surface area contributed by atoms with Gasteiger partial charge in [0, 0.05) is 0 Å². The van der Waals surface area contributed by atoms with Crippen LogP contribution in [-0.4, -0.2) is 27.5 Å². The zero-order chi connectivity index (χ0) is 23.8. The Balaban J connectivity index is 1.82. The van der Waals surface area contributed by atoms with Crippen molar-refractivity contribution in [2.75, 3.05) is 17.5 Å². The van der Waals surface area contributed by atoms with Crippen molar-refractivity contribution >= 4 is 21.6 Å². The zero-order valence-electron chi connectivity index (χ0n) is 19.2. The molecule has 0 aliphatic heterocycles. The molecule has 0 saturated heterocycles. The summed E-state index contributed by atoms with van der Waals surface area (Å²) in [6.45, 7) is 5.98. The minimum absolute atomic E-state index is 0.0887. The largest absolute Gasteiger partial charge is 0.494 e. The Bertz CT molecular complexity index is 1150. The van der Waals surface area contributed by atoms with Crippen LogP contribution in [0.4, 0.5) is 5.69 Å². The van der Waals surface area contributed by atoms with Gasteiger partial charge < -0.3 is 10.1 Å². The Morgan fingerprint density at radius 2 is 1.58 bits per heavy atom. The molecule has 3 rings (SSSR count). The molecule has 6 nitrogen and oxygen atoms in total. The van der Waals surface area contributed by atoms with Gasteiger partial charge in [-0.25, -0.2) is 8.42 Å². The number of para-hydroxylation sites is 1. The smallest absolute Gasteiger partial charge is 0.264 e. The van der Waals surface area contributed by atoms with Gasteiger partial charge in [0.2, 0.25) is 5.91 Å². The molecule has 0 saturated carbocycles. The van der Waals surface area contributed by atoms with E-state index in [4.69, 9.17) is 4.74 Å². The van der Waals surface area contributed by atoms with Crippen molar-refractivity contribution in [1.82, 2.24) is 5.32 Å². The molecule has 0 bridgehead atoms. The van der Waals surface area contributed by atoms with Gasteiger partial charge in [-0.15, -0.1) is 0 Å². The molecule has 0 heterocycles. The molecule has 3 aromatic carbocycles. The van der Waals surface area contributed by atoms with Crippen LogP contribution >= 0.6 is 0 Å². The second kappa shape index (κ2) is 11.0. The van der Waals surface area contributed by atoms with E-state index in [-0.39, 0.29) is 23.4 Å². The summed E-state index contributed by atoms with van der Waals surface area (Å²) in [5.41, 5.74) is 2.59. The number of rotatable bonds is 10. The van der Waals surface area contributed by atoms with E-state index in [1.54, 1.807) is 42.5 Å². The van der Waals surface area contributed by atoms with E-state index in [9.17, 15) is 13.2 Å². The van der Waals surface area contributed by atoms with Crippen LogP contribution in [0.1, 0.15) is 37.9 Å². The van der Waals surface area contributed by atoms with E-state index in [2.05, 4.69) is 12.2 Å². The number of ether oxygens (including phenoxy) is 1. The van der Waals surface area contributed by atoms with Crippen LogP contribution in [0.25, 0.3) is 0 Å². The number of anilines is 1. The lowest BCUT2D eigenvalue weighted by molar-refractivity contribution is -0.120. The maximum absolute atomic E-state index is 13.5. The van der Waals surface area contributed by atoms with Gasteiger partial charge in [-0.05, 0) is 67.8 Å². The number of carbonyl (C=O) groups is 1. The second-order valence-corrected chi connectivity index (χ2v) is 9.50. The first-order valence-corrected chi connectivity index (χ1v) is 12.5. The first kappa shape index (κ1) is 24.3. The van der Waals surface area contributed by atoms with Crippen molar-refractivity contribution in [3.05, 3.63) is 90.0 Å². The SMILES string of the molecule is CCOc1ccc(S(=O)(=O)N(CC(=O)NC(C)c2ccc(CC)cc2)c2ccccc2)cc1. The van der Waals surface area contributed by atoms with Crippen molar-refractivity contribution in [2.45, 2.75) is 38.1 Å². The number of aryl methyl sites for hydroxylation is 1. The lowest BCUT2D eigenvalue weighted by Crippen LogP contribution is -2.41. The van der Waals surface area contributed by atoms with Gasteiger partial charge in [0.05, 0.1) is 23.2 Å². The third-order valence-electron chi connectivity index (χ3n) is 5.32. The first-order chi connectivity index (χ1) is 15.8. The van der Waals surface area contributed by atoms with Crippen molar-refractivity contribution in [1.29, 1.82) is 0 Å². The molecule has 174 valence electrons. The minimum Gasteiger partial charge on any atom is -0.494 e. The lowest BCUT2D eigenvalue weighted by atomic mass is 10.1. The number of carbonyl (C=O) groups excluding carboxylic acids is 1. The first-order valence-electron chi connectivity index (χ1n) is 11.0. The summed E-state index contributed by atoms with van der Waals surface area (Å²) in [6, 6.07) is 22.6. The Hall–Kier alpha value is -3.32. The average Bonchev–Trinajstić information content (AvgIpc) is 2.83. The highest BCUT2D eigenvalue weighted by molar-refractivity contribution is 7.92. The normalized spacial score (nSPS) is 12.1. The van der Waals surface area contributed by atoms with Crippen molar-refractivity contribution in [3.63, 3.8) is 0 Å². The van der Waals surface area contributed by atoms with Gasteiger partial charge >= 0.3 is 0 Å². The monoisotopic (exact) mass is 466 g/mol. The summed E-state index contributed by atoms with van der Waals surface area (Å²) < 4.78 is 33.5. The van der Waals surface area contributed by atoms with E-state index in [1.165, 1.54) is 17.7 Å². The van der Waals surface area contributed by atoms with Gasteiger partial charge in [-0.2, -0.15) is 0 Å².